The molecule has 1 aromatic rings. The molecule has 0 aliphatic rings. The van der Waals surface area contributed by atoms with Crippen molar-refractivity contribution in [3.63, 3.8) is 0 Å². The highest BCUT2D eigenvalue weighted by Gasteiger charge is 2.12. The Kier molecular flexibility index (Phi) is 6.61. The highest BCUT2D eigenvalue weighted by atomic mass is 16.6. The maximum Gasteiger partial charge on any atom is 0.270 e. The molecule has 2 N–H and O–H groups in total. The summed E-state index contributed by atoms with van der Waals surface area (Å²) in [6.07, 6.45) is 0. The van der Waals surface area contributed by atoms with E-state index in [1.54, 1.807) is 7.05 Å². The molecule has 1 aromatic carbocycles. The van der Waals surface area contributed by atoms with Crippen LogP contribution in [0.5, 0.6) is 5.75 Å². The number of benzene rings is 1. The SMILES string of the molecule is CNCc1cc([N+](=O)[O-])ccc1OCC(=O)NCC(C)C. The second kappa shape index (κ2) is 8.21. The number of amides is 1. The largest absolute Gasteiger partial charge is 0.483 e. The molecule has 21 heavy (non-hydrogen) atoms. The molecule has 0 unspecified atom stereocenters. The van der Waals surface area contributed by atoms with Gasteiger partial charge >= 0.3 is 0 Å². The number of nitro benzene ring substituents is 1. The molecular formula is C14H21N3O4. The van der Waals surface area contributed by atoms with Gasteiger partial charge in [-0.3, -0.25) is 14.9 Å². The van der Waals surface area contributed by atoms with Crippen molar-refractivity contribution in [3.05, 3.63) is 33.9 Å². The van der Waals surface area contributed by atoms with Gasteiger partial charge in [-0.05, 0) is 19.0 Å². The number of hydrogen-bond donors (Lipinski definition) is 2. The highest BCUT2D eigenvalue weighted by Crippen LogP contribution is 2.24. The second-order valence-electron chi connectivity index (χ2n) is 5.07. The third kappa shape index (κ3) is 5.78. The zero-order valence-electron chi connectivity index (χ0n) is 12.5. The van der Waals surface area contributed by atoms with Gasteiger partial charge in [0.1, 0.15) is 5.75 Å². The predicted molar refractivity (Wildman–Crippen MR) is 79.2 cm³/mol. The number of nitro groups is 1. The van der Waals surface area contributed by atoms with Crippen LogP contribution in [0, 0.1) is 16.0 Å². The predicted octanol–water partition coefficient (Wildman–Crippen LogP) is 1.47. The van der Waals surface area contributed by atoms with Crippen molar-refractivity contribution in [1.82, 2.24) is 10.6 Å². The number of non-ortho nitro benzene ring substituents is 1. The summed E-state index contributed by atoms with van der Waals surface area (Å²) in [6.45, 7) is 4.91. The van der Waals surface area contributed by atoms with Gasteiger partial charge in [0.15, 0.2) is 6.61 Å². The first-order valence-electron chi connectivity index (χ1n) is 6.75. The summed E-state index contributed by atoms with van der Waals surface area (Å²) in [5.74, 6) is 0.625. The van der Waals surface area contributed by atoms with E-state index in [1.807, 2.05) is 13.8 Å². The summed E-state index contributed by atoms with van der Waals surface area (Å²) >= 11 is 0. The van der Waals surface area contributed by atoms with Crippen LogP contribution in [0.1, 0.15) is 19.4 Å². The van der Waals surface area contributed by atoms with E-state index in [2.05, 4.69) is 10.6 Å². The smallest absolute Gasteiger partial charge is 0.270 e. The Labute approximate surface area is 123 Å². The molecule has 7 heteroatoms. The summed E-state index contributed by atoms with van der Waals surface area (Å²) in [5.41, 5.74) is 0.639. The molecule has 0 radical (unpaired) electrons. The zero-order chi connectivity index (χ0) is 15.8. The van der Waals surface area contributed by atoms with Crippen LogP contribution in [0.3, 0.4) is 0 Å². The molecule has 0 aromatic heterocycles. The van der Waals surface area contributed by atoms with Crippen molar-refractivity contribution in [2.75, 3.05) is 20.2 Å². The number of carbonyl (C=O) groups excluding carboxylic acids is 1. The summed E-state index contributed by atoms with van der Waals surface area (Å²) in [5, 5.41) is 16.4. The lowest BCUT2D eigenvalue weighted by atomic mass is 10.1. The molecule has 0 aliphatic carbocycles. The van der Waals surface area contributed by atoms with Crippen molar-refractivity contribution in [1.29, 1.82) is 0 Å². The minimum absolute atomic E-state index is 0.00291. The molecule has 0 saturated heterocycles. The standard InChI is InChI=1S/C14H21N3O4/c1-10(2)7-16-14(18)9-21-13-5-4-12(17(19)20)6-11(13)8-15-3/h4-6,10,15H,7-9H2,1-3H3,(H,16,18). The fourth-order valence-electron chi connectivity index (χ4n) is 1.66. The summed E-state index contributed by atoms with van der Waals surface area (Å²) in [6, 6.07) is 4.32. The molecule has 7 nitrogen and oxygen atoms in total. The molecule has 1 rings (SSSR count). The van der Waals surface area contributed by atoms with E-state index in [0.29, 0.717) is 30.3 Å². The fourth-order valence-corrected chi connectivity index (χ4v) is 1.66. The van der Waals surface area contributed by atoms with E-state index < -0.39 is 4.92 Å². The number of carbonyl (C=O) groups is 1. The summed E-state index contributed by atoms with van der Waals surface area (Å²) < 4.78 is 5.44. The Hall–Kier alpha value is -2.15. The number of nitrogens with zero attached hydrogens (tertiary/aromatic N) is 1. The van der Waals surface area contributed by atoms with Crippen LogP contribution in [0.25, 0.3) is 0 Å². The van der Waals surface area contributed by atoms with E-state index in [1.165, 1.54) is 18.2 Å². The van der Waals surface area contributed by atoms with E-state index in [-0.39, 0.29) is 18.2 Å². The van der Waals surface area contributed by atoms with E-state index in [4.69, 9.17) is 4.74 Å². The second-order valence-corrected chi connectivity index (χ2v) is 5.07. The molecular weight excluding hydrogens is 274 g/mol. The topological polar surface area (TPSA) is 93.5 Å². The monoisotopic (exact) mass is 295 g/mol. The quantitative estimate of drug-likeness (QED) is 0.559. The van der Waals surface area contributed by atoms with Gasteiger partial charge in [-0.25, -0.2) is 0 Å². The Morgan fingerprint density at radius 3 is 2.71 bits per heavy atom. The Morgan fingerprint density at radius 1 is 1.43 bits per heavy atom. The molecule has 0 bridgehead atoms. The summed E-state index contributed by atoms with van der Waals surface area (Å²) in [4.78, 5) is 21.9. The third-order valence-electron chi connectivity index (χ3n) is 2.69. The lowest BCUT2D eigenvalue weighted by Crippen LogP contribution is -2.31. The zero-order valence-corrected chi connectivity index (χ0v) is 12.5. The molecule has 1 amide bonds. The highest BCUT2D eigenvalue weighted by molar-refractivity contribution is 5.77. The van der Waals surface area contributed by atoms with Crippen LogP contribution in [-0.2, 0) is 11.3 Å². The number of nitrogens with one attached hydrogen (secondary N) is 2. The van der Waals surface area contributed by atoms with Crippen molar-refractivity contribution >= 4 is 11.6 Å². The van der Waals surface area contributed by atoms with Gasteiger partial charge in [-0.2, -0.15) is 0 Å². The van der Waals surface area contributed by atoms with Gasteiger partial charge in [0, 0.05) is 30.8 Å². The van der Waals surface area contributed by atoms with Gasteiger partial charge in [-0.1, -0.05) is 13.8 Å². The van der Waals surface area contributed by atoms with Gasteiger partial charge in [0.05, 0.1) is 4.92 Å². The average Bonchev–Trinajstić information content (AvgIpc) is 2.43. The molecule has 0 heterocycles. The van der Waals surface area contributed by atoms with Crippen molar-refractivity contribution in [3.8, 4) is 5.75 Å². The maximum absolute atomic E-state index is 11.6. The molecule has 0 atom stereocenters. The van der Waals surface area contributed by atoms with Crippen LogP contribution in [-0.4, -0.2) is 31.0 Å². The number of hydrogen-bond acceptors (Lipinski definition) is 5. The van der Waals surface area contributed by atoms with Crippen molar-refractivity contribution < 1.29 is 14.5 Å². The van der Waals surface area contributed by atoms with E-state index in [9.17, 15) is 14.9 Å². The van der Waals surface area contributed by atoms with Crippen molar-refractivity contribution in [2.24, 2.45) is 5.92 Å². The first-order chi connectivity index (χ1) is 9.93. The minimum atomic E-state index is -0.460. The fraction of sp³-hybridized carbons (Fsp3) is 0.500. The summed E-state index contributed by atoms with van der Waals surface area (Å²) in [7, 11) is 1.73. The number of ether oxygens (including phenoxy) is 1. The molecule has 0 aliphatic heterocycles. The molecule has 0 fully saturated rings. The maximum atomic E-state index is 11.6. The third-order valence-corrected chi connectivity index (χ3v) is 2.69. The van der Waals surface area contributed by atoms with Crippen LogP contribution in [0.4, 0.5) is 5.69 Å². The Morgan fingerprint density at radius 2 is 2.14 bits per heavy atom. The Balaban J connectivity index is 2.69. The molecule has 0 saturated carbocycles. The van der Waals surface area contributed by atoms with E-state index in [0.717, 1.165) is 0 Å². The van der Waals surface area contributed by atoms with Gasteiger partial charge in [0.25, 0.3) is 11.6 Å². The van der Waals surface area contributed by atoms with Gasteiger partial charge in [-0.15, -0.1) is 0 Å². The van der Waals surface area contributed by atoms with Crippen LogP contribution in [0.2, 0.25) is 0 Å². The number of rotatable bonds is 8. The average molecular weight is 295 g/mol. The first kappa shape index (κ1) is 16.9. The minimum Gasteiger partial charge on any atom is -0.483 e. The van der Waals surface area contributed by atoms with Crippen LogP contribution < -0.4 is 15.4 Å². The van der Waals surface area contributed by atoms with E-state index >= 15 is 0 Å². The van der Waals surface area contributed by atoms with Crippen LogP contribution in [0.15, 0.2) is 18.2 Å². The normalized spacial score (nSPS) is 10.5. The molecule has 0 spiro atoms. The van der Waals surface area contributed by atoms with Crippen LogP contribution >= 0.6 is 0 Å². The first-order valence-corrected chi connectivity index (χ1v) is 6.75. The van der Waals surface area contributed by atoms with Gasteiger partial charge in [0.2, 0.25) is 0 Å². The lowest BCUT2D eigenvalue weighted by molar-refractivity contribution is -0.384. The molecule has 116 valence electrons. The van der Waals surface area contributed by atoms with Crippen molar-refractivity contribution in [2.45, 2.75) is 20.4 Å². The lowest BCUT2D eigenvalue weighted by Gasteiger charge is -2.12. The van der Waals surface area contributed by atoms with Gasteiger partial charge < -0.3 is 15.4 Å². The Bertz CT molecular complexity index is 503.